The molecule has 2 aromatic rings. The van der Waals surface area contributed by atoms with Crippen molar-refractivity contribution < 1.29 is 19.1 Å². The van der Waals surface area contributed by atoms with E-state index in [0.29, 0.717) is 12.8 Å². The Bertz CT molecular complexity index is 897. The van der Waals surface area contributed by atoms with Crippen LogP contribution in [0.4, 0.5) is 9.59 Å². The normalized spacial score (nSPS) is 14.0. The summed E-state index contributed by atoms with van der Waals surface area (Å²) in [5.41, 5.74) is 8.20. The Morgan fingerprint density at radius 3 is 2.19 bits per heavy atom. The van der Waals surface area contributed by atoms with Crippen LogP contribution in [0, 0.1) is 5.92 Å². The molecule has 6 nitrogen and oxygen atoms in total. The molecule has 3 N–H and O–H groups in total. The third-order valence-electron chi connectivity index (χ3n) is 5.05. The SMILES string of the molecule is C=C[C@H](C)[C@@H](CC(=C[C@H](C)OC(N)=O)Cc1ccccc1)NC(=O)OCc1ccccc1. The molecule has 0 unspecified atom stereocenters. The number of rotatable bonds is 11. The van der Waals surface area contributed by atoms with Gasteiger partial charge in [-0.2, -0.15) is 0 Å². The van der Waals surface area contributed by atoms with Crippen LogP contribution in [0.1, 0.15) is 31.4 Å². The lowest BCUT2D eigenvalue weighted by Gasteiger charge is -2.25. The second-order valence-corrected chi connectivity index (χ2v) is 7.74. The van der Waals surface area contributed by atoms with E-state index in [2.05, 4.69) is 11.9 Å². The third-order valence-corrected chi connectivity index (χ3v) is 5.05. The number of primary amides is 1. The minimum atomic E-state index is -0.827. The van der Waals surface area contributed by atoms with Crippen molar-refractivity contribution in [2.24, 2.45) is 11.7 Å². The minimum Gasteiger partial charge on any atom is -0.445 e. The van der Waals surface area contributed by atoms with Crippen molar-refractivity contribution in [3.8, 4) is 0 Å². The summed E-state index contributed by atoms with van der Waals surface area (Å²) in [6.45, 7) is 7.81. The molecule has 6 heteroatoms. The zero-order chi connectivity index (χ0) is 23.3. The van der Waals surface area contributed by atoms with E-state index in [1.165, 1.54) is 0 Å². The van der Waals surface area contributed by atoms with Crippen LogP contribution in [-0.4, -0.2) is 24.3 Å². The monoisotopic (exact) mass is 436 g/mol. The van der Waals surface area contributed by atoms with Crippen LogP contribution in [0.25, 0.3) is 0 Å². The Morgan fingerprint density at radius 1 is 1.03 bits per heavy atom. The summed E-state index contributed by atoms with van der Waals surface area (Å²) in [4.78, 5) is 23.6. The largest absolute Gasteiger partial charge is 0.445 e. The summed E-state index contributed by atoms with van der Waals surface area (Å²) < 4.78 is 10.5. The maximum atomic E-state index is 12.5. The van der Waals surface area contributed by atoms with Gasteiger partial charge in [0.1, 0.15) is 12.7 Å². The van der Waals surface area contributed by atoms with E-state index >= 15 is 0 Å². The van der Waals surface area contributed by atoms with Crippen molar-refractivity contribution in [1.29, 1.82) is 0 Å². The average Bonchev–Trinajstić information content (AvgIpc) is 2.77. The standard InChI is InChI=1S/C26H32N2O4/c1-4-19(2)24(28-26(30)31-18-22-13-9-6-10-14-22)17-23(15-20(3)32-25(27)29)16-21-11-7-5-8-12-21/h4-15,19-20,24H,1,16-18H2,2-3H3,(H2,27,29)(H,28,30)/t19-,20-,24+/m0/s1. The number of hydrogen-bond donors (Lipinski definition) is 2. The molecule has 0 aliphatic heterocycles. The number of amides is 2. The van der Waals surface area contributed by atoms with Gasteiger partial charge in [0.2, 0.25) is 0 Å². The summed E-state index contributed by atoms with van der Waals surface area (Å²) in [6, 6.07) is 19.2. The van der Waals surface area contributed by atoms with Crippen LogP contribution < -0.4 is 11.1 Å². The second kappa shape index (κ2) is 13.0. The Morgan fingerprint density at radius 2 is 1.62 bits per heavy atom. The lowest BCUT2D eigenvalue weighted by molar-refractivity contribution is 0.133. The zero-order valence-corrected chi connectivity index (χ0v) is 18.7. The lowest BCUT2D eigenvalue weighted by atomic mass is 9.91. The van der Waals surface area contributed by atoms with Crippen LogP contribution >= 0.6 is 0 Å². The van der Waals surface area contributed by atoms with E-state index in [4.69, 9.17) is 15.2 Å². The van der Waals surface area contributed by atoms with Crippen LogP contribution in [0.15, 0.2) is 85.0 Å². The molecule has 3 atom stereocenters. The smallest absolute Gasteiger partial charge is 0.407 e. The van der Waals surface area contributed by atoms with Crippen molar-refractivity contribution in [2.75, 3.05) is 0 Å². The molecule has 170 valence electrons. The van der Waals surface area contributed by atoms with E-state index in [0.717, 1.165) is 16.7 Å². The van der Waals surface area contributed by atoms with Gasteiger partial charge in [-0.3, -0.25) is 0 Å². The molecule has 32 heavy (non-hydrogen) atoms. The van der Waals surface area contributed by atoms with Crippen molar-refractivity contribution in [3.05, 3.63) is 96.1 Å². The Labute approximate surface area is 190 Å². The molecule has 0 aliphatic rings. The number of alkyl carbamates (subject to hydrolysis) is 1. The fraction of sp³-hybridized carbons (Fsp3) is 0.308. The molecule has 0 spiro atoms. The third kappa shape index (κ3) is 9.08. The van der Waals surface area contributed by atoms with Gasteiger partial charge in [-0.1, -0.05) is 79.2 Å². The lowest BCUT2D eigenvalue weighted by Crippen LogP contribution is -2.39. The number of nitrogens with one attached hydrogen (secondary N) is 1. The highest BCUT2D eigenvalue weighted by Crippen LogP contribution is 2.20. The molecule has 2 amide bonds. The van der Waals surface area contributed by atoms with Crippen molar-refractivity contribution in [2.45, 2.75) is 45.4 Å². The van der Waals surface area contributed by atoms with Gasteiger partial charge in [0.25, 0.3) is 0 Å². The number of carbonyl (C=O) groups is 2. The Balaban J connectivity index is 2.12. The van der Waals surface area contributed by atoms with Gasteiger partial charge in [0.15, 0.2) is 0 Å². The summed E-state index contributed by atoms with van der Waals surface area (Å²) in [7, 11) is 0. The molecule has 0 bridgehead atoms. The van der Waals surface area contributed by atoms with Crippen molar-refractivity contribution >= 4 is 12.2 Å². The van der Waals surface area contributed by atoms with Crippen molar-refractivity contribution in [3.63, 3.8) is 0 Å². The minimum absolute atomic E-state index is 0.00851. The number of hydrogen-bond acceptors (Lipinski definition) is 4. The topological polar surface area (TPSA) is 90.6 Å². The molecular formula is C26H32N2O4. The highest BCUT2D eigenvalue weighted by atomic mass is 16.6. The number of carbonyl (C=O) groups excluding carboxylic acids is 2. The first-order chi connectivity index (χ1) is 15.4. The summed E-state index contributed by atoms with van der Waals surface area (Å²) in [5, 5.41) is 2.96. The highest BCUT2D eigenvalue weighted by molar-refractivity contribution is 5.67. The van der Waals surface area contributed by atoms with E-state index in [-0.39, 0.29) is 18.6 Å². The summed E-state index contributed by atoms with van der Waals surface area (Å²) in [6.07, 6.45) is 3.04. The fourth-order valence-electron chi connectivity index (χ4n) is 3.34. The maximum absolute atomic E-state index is 12.5. The average molecular weight is 437 g/mol. The van der Waals surface area contributed by atoms with Gasteiger partial charge in [-0.15, -0.1) is 6.58 Å². The van der Waals surface area contributed by atoms with Gasteiger partial charge in [0.05, 0.1) is 0 Å². The quantitative estimate of drug-likeness (QED) is 0.477. The van der Waals surface area contributed by atoms with Crippen LogP contribution in [0.5, 0.6) is 0 Å². The molecule has 0 radical (unpaired) electrons. The van der Waals surface area contributed by atoms with Crippen LogP contribution in [0.3, 0.4) is 0 Å². The molecule has 2 aromatic carbocycles. The molecule has 0 saturated heterocycles. The molecule has 0 fully saturated rings. The number of ether oxygens (including phenoxy) is 2. The molecular weight excluding hydrogens is 404 g/mol. The predicted octanol–water partition coefficient (Wildman–Crippen LogP) is 5.15. The zero-order valence-electron chi connectivity index (χ0n) is 18.7. The van der Waals surface area contributed by atoms with E-state index in [1.807, 2.05) is 73.7 Å². The first-order valence-corrected chi connectivity index (χ1v) is 10.7. The predicted molar refractivity (Wildman–Crippen MR) is 126 cm³/mol. The van der Waals surface area contributed by atoms with Gasteiger partial charge in [-0.05, 0) is 42.9 Å². The van der Waals surface area contributed by atoms with Crippen LogP contribution in [-0.2, 0) is 22.5 Å². The molecule has 0 saturated carbocycles. The van der Waals surface area contributed by atoms with Crippen LogP contribution in [0.2, 0.25) is 0 Å². The first kappa shape index (κ1) is 24.7. The van der Waals surface area contributed by atoms with E-state index in [1.54, 1.807) is 13.0 Å². The number of benzene rings is 2. The summed E-state index contributed by atoms with van der Waals surface area (Å²) >= 11 is 0. The maximum Gasteiger partial charge on any atom is 0.407 e. The van der Waals surface area contributed by atoms with Gasteiger partial charge >= 0.3 is 12.2 Å². The van der Waals surface area contributed by atoms with Crippen molar-refractivity contribution in [1.82, 2.24) is 5.32 Å². The molecule has 2 rings (SSSR count). The fourth-order valence-corrected chi connectivity index (χ4v) is 3.34. The molecule has 0 aromatic heterocycles. The highest BCUT2D eigenvalue weighted by Gasteiger charge is 2.21. The Hall–Kier alpha value is -3.54. The molecule has 0 aliphatic carbocycles. The van der Waals surface area contributed by atoms with Gasteiger partial charge < -0.3 is 20.5 Å². The second-order valence-electron chi connectivity index (χ2n) is 7.74. The van der Waals surface area contributed by atoms with Gasteiger partial charge in [-0.25, -0.2) is 9.59 Å². The first-order valence-electron chi connectivity index (χ1n) is 10.7. The Kier molecular flexibility index (Phi) is 10.0. The van der Waals surface area contributed by atoms with E-state index < -0.39 is 18.3 Å². The van der Waals surface area contributed by atoms with E-state index in [9.17, 15) is 9.59 Å². The number of nitrogens with two attached hydrogens (primary N) is 1. The molecule has 0 heterocycles. The van der Waals surface area contributed by atoms with Gasteiger partial charge in [0, 0.05) is 6.04 Å². The summed E-state index contributed by atoms with van der Waals surface area (Å²) in [5.74, 6) is -0.00851.